The Morgan fingerprint density at radius 3 is 2.41 bits per heavy atom. The molecule has 0 bridgehead atoms. The molecule has 5 nitrogen and oxygen atoms in total. The Labute approximate surface area is 132 Å². The maximum Gasteiger partial charge on any atom is 0.246 e. The molecule has 0 heterocycles. The molecule has 0 aliphatic heterocycles. The summed E-state index contributed by atoms with van der Waals surface area (Å²) in [6.45, 7) is 7.90. The molecule has 0 saturated carbocycles. The average molecular weight is 305 g/mol. The normalized spacial score (nSPS) is 12.4. The topological polar surface area (TPSA) is 75.4 Å². The molecular weight excluding hydrogens is 278 g/mol. The average Bonchev–Trinajstić information content (AvgIpc) is 2.50. The van der Waals surface area contributed by atoms with E-state index in [1.165, 1.54) is 5.56 Å². The monoisotopic (exact) mass is 305 g/mol. The smallest absolute Gasteiger partial charge is 0.246 e. The summed E-state index contributed by atoms with van der Waals surface area (Å²) < 4.78 is 0. The minimum Gasteiger partial charge on any atom is -0.346 e. The van der Waals surface area contributed by atoms with Gasteiger partial charge in [0.05, 0.1) is 12.6 Å². The quantitative estimate of drug-likeness (QED) is 0.842. The predicted octanol–water partition coefficient (Wildman–Crippen LogP) is 1.87. The number of carbonyl (C=O) groups is 2. The van der Waals surface area contributed by atoms with Crippen LogP contribution in [-0.2, 0) is 9.59 Å². The Hall–Kier alpha value is -1.88. The highest BCUT2D eigenvalue weighted by atomic mass is 16.2. The van der Waals surface area contributed by atoms with Crippen LogP contribution in [0.2, 0.25) is 0 Å². The zero-order valence-electron chi connectivity index (χ0n) is 14.1. The van der Waals surface area contributed by atoms with Gasteiger partial charge in [-0.3, -0.25) is 9.59 Å². The Bertz CT molecular complexity index is 526. The van der Waals surface area contributed by atoms with Crippen LogP contribution in [0.15, 0.2) is 24.3 Å². The standard InChI is InChI=1S/C17H27N3O2/c1-11(2)13-7-6-8-14(9-13)20(5)15(21)10-19-17(22)16(18)12(3)4/h6-9,11-12,16H,10,18H2,1-5H3,(H,19,22)/t16-/m0/s1. The third kappa shape index (κ3) is 4.84. The molecule has 1 atom stereocenters. The number of nitrogens with two attached hydrogens (primary N) is 1. The summed E-state index contributed by atoms with van der Waals surface area (Å²) in [6.07, 6.45) is 0. The summed E-state index contributed by atoms with van der Waals surface area (Å²) in [5, 5.41) is 2.60. The van der Waals surface area contributed by atoms with Gasteiger partial charge in [0.2, 0.25) is 11.8 Å². The lowest BCUT2D eigenvalue weighted by Gasteiger charge is -2.20. The molecule has 0 unspecified atom stereocenters. The van der Waals surface area contributed by atoms with E-state index >= 15 is 0 Å². The number of nitrogens with one attached hydrogen (secondary N) is 1. The zero-order valence-corrected chi connectivity index (χ0v) is 14.1. The number of amides is 2. The molecule has 1 rings (SSSR count). The van der Waals surface area contributed by atoms with Gasteiger partial charge in [0.25, 0.3) is 0 Å². The van der Waals surface area contributed by atoms with Crippen LogP contribution in [0, 0.1) is 5.92 Å². The second-order valence-corrected chi connectivity index (χ2v) is 6.19. The minimum atomic E-state index is -0.595. The van der Waals surface area contributed by atoms with Gasteiger partial charge in [-0.25, -0.2) is 0 Å². The molecule has 0 fully saturated rings. The van der Waals surface area contributed by atoms with Crippen LogP contribution in [0.5, 0.6) is 0 Å². The molecular formula is C17H27N3O2. The summed E-state index contributed by atoms with van der Waals surface area (Å²) >= 11 is 0. The third-order valence-electron chi connectivity index (χ3n) is 3.73. The highest BCUT2D eigenvalue weighted by molar-refractivity contribution is 5.96. The number of rotatable bonds is 6. The van der Waals surface area contributed by atoms with E-state index in [0.717, 1.165) is 5.69 Å². The maximum absolute atomic E-state index is 12.2. The molecule has 0 radical (unpaired) electrons. The van der Waals surface area contributed by atoms with E-state index in [4.69, 9.17) is 5.73 Å². The van der Waals surface area contributed by atoms with E-state index in [0.29, 0.717) is 5.92 Å². The SMILES string of the molecule is CC(C)c1cccc(N(C)C(=O)CNC(=O)[C@@H](N)C(C)C)c1. The Kier molecular flexibility index (Phi) is 6.56. The molecule has 22 heavy (non-hydrogen) atoms. The van der Waals surface area contributed by atoms with E-state index in [2.05, 4.69) is 19.2 Å². The lowest BCUT2D eigenvalue weighted by Crippen LogP contribution is -2.47. The van der Waals surface area contributed by atoms with Gasteiger partial charge in [-0.2, -0.15) is 0 Å². The first kappa shape index (κ1) is 18.2. The summed E-state index contributed by atoms with van der Waals surface area (Å²) in [7, 11) is 1.70. The molecule has 0 spiro atoms. The first-order valence-corrected chi connectivity index (χ1v) is 7.63. The maximum atomic E-state index is 12.2. The summed E-state index contributed by atoms with van der Waals surface area (Å²) in [4.78, 5) is 25.5. The highest BCUT2D eigenvalue weighted by Gasteiger charge is 2.19. The number of benzene rings is 1. The summed E-state index contributed by atoms with van der Waals surface area (Å²) in [5.41, 5.74) is 7.74. The van der Waals surface area contributed by atoms with Crippen molar-refractivity contribution in [3.05, 3.63) is 29.8 Å². The molecule has 0 aromatic heterocycles. The van der Waals surface area contributed by atoms with Gasteiger partial charge in [-0.15, -0.1) is 0 Å². The van der Waals surface area contributed by atoms with Crippen molar-refractivity contribution in [2.24, 2.45) is 11.7 Å². The summed E-state index contributed by atoms with van der Waals surface area (Å²) in [5.74, 6) is -0.0411. The largest absolute Gasteiger partial charge is 0.346 e. The fourth-order valence-corrected chi connectivity index (χ4v) is 1.94. The van der Waals surface area contributed by atoms with Crippen molar-refractivity contribution in [2.45, 2.75) is 39.7 Å². The van der Waals surface area contributed by atoms with Crippen molar-refractivity contribution in [3.8, 4) is 0 Å². The van der Waals surface area contributed by atoms with E-state index in [-0.39, 0.29) is 24.3 Å². The van der Waals surface area contributed by atoms with Gasteiger partial charge in [0.1, 0.15) is 0 Å². The van der Waals surface area contributed by atoms with E-state index in [1.807, 2.05) is 38.1 Å². The zero-order chi connectivity index (χ0) is 16.9. The van der Waals surface area contributed by atoms with E-state index in [1.54, 1.807) is 11.9 Å². The van der Waals surface area contributed by atoms with Crippen molar-refractivity contribution in [3.63, 3.8) is 0 Å². The fourth-order valence-electron chi connectivity index (χ4n) is 1.94. The minimum absolute atomic E-state index is 0.0376. The lowest BCUT2D eigenvalue weighted by molar-refractivity contribution is -0.126. The molecule has 0 aliphatic rings. The number of hydrogen-bond donors (Lipinski definition) is 2. The summed E-state index contributed by atoms with van der Waals surface area (Å²) in [6, 6.07) is 7.25. The lowest BCUT2D eigenvalue weighted by atomic mass is 10.0. The highest BCUT2D eigenvalue weighted by Crippen LogP contribution is 2.20. The van der Waals surface area contributed by atoms with Crippen LogP contribution in [0.3, 0.4) is 0 Å². The van der Waals surface area contributed by atoms with E-state index < -0.39 is 6.04 Å². The van der Waals surface area contributed by atoms with Crippen molar-refractivity contribution >= 4 is 17.5 Å². The molecule has 5 heteroatoms. The van der Waals surface area contributed by atoms with Crippen LogP contribution < -0.4 is 16.0 Å². The molecule has 122 valence electrons. The van der Waals surface area contributed by atoms with Gasteiger partial charge >= 0.3 is 0 Å². The van der Waals surface area contributed by atoms with Crippen molar-refractivity contribution < 1.29 is 9.59 Å². The predicted molar refractivity (Wildman–Crippen MR) is 89.8 cm³/mol. The van der Waals surface area contributed by atoms with Crippen LogP contribution in [0.4, 0.5) is 5.69 Å². The third-order valence-corrected chi connectivity index (χ3v) is 3.73. The number of likely N-dealkylation sites (N-methyl/N-ethyl adjacent to an activating group) is 1. The van der Waals surface area contributed by atoms with Crippen molar-refractivity contribution in [1.82, 2.24) is 5.32 Å². The van der Waals surface area contributed by atoms with E-state index in [9.17, 15) is 9.59 Å². The molecule has 0 saturated heterocycles. The first-order valence-electron chi connectivity index (χ1n) is 7.63. The van der Waals surface area contributed by atoms with Gasteiger partial charge in [-0.05, 0) is 29.5 Å². The Morgan fingerprint density at radius 1 is 1.23 bits per heavy atom. The molecule has 1 aromatic rings. The van der Waals surface area contributed by atoms with Crippen LogP contribution in [0.1, 0.15) is 39.2 Å². The van der Waals surface area contributed by atoms with Gasteiger partial charge in [-0.1, -0.05) is 39.8 Å². The van der Waals surface area contributed by atoms with Crippen molar-refractivity contribution in [1.29, 1.82) is 0 Å². The number of hydrogen-bond acceptors (Lipinski definition) is 3. The Morgan fingerprint density at radius 2 is 1.86 bits per heavy atom. The molecule has 3 N–H and O–H groups in total. The second-order valence-electron chi connectivity index (χ2n) is 6.19. The molecule has 1 aromatic carbocycles. The van der Waals surface area contributed by atoms with Crippen molar-refractivity contribution in [2.75, 3.05) is 18.5 Å². The van der Waals surface area contributed by atoms with Crippen LogP contribution in [-0.4, -0.2) is 31.4 Å². The van der Waals surface area contributed by atoms with Crippen LogP contribution >= 0.6 is 0 Å². The number of nitrogens with zero attached hydrogens (tertiary/aromatic N) is 1. The van der Waals surface area contributed by atoms with Gasteiger partial charge in [0.15, 0.2) is 0 Å². The molecule has 0 aliphatic carbocycles. The molecule has 2 amide bonds. The first-order chi connectivity index (χ1) is 10.2. The number of anilines is 1. The second kappa shape index (κ2) is 7.94. The van der Waals surface area contributed by atoms with Crippen LogP contribution in [0.25, 0.3) is 0 Å². The van der Waals surface area contributed by atoms with Gasteiger partial charge in [0, 0.05) is 12.7 Å². The Balaban J connectivity index is 2.66. The number of carbonyl (C=O) groups excluding carboxylic acids is 2. The van der Waals surface area contributed by atoms with Gasteiger partial charge < -0.3 is 16.0 Å². The fraction of sp³-hybridized carbons (Fsp3) is 0.529.